The van der Waals surface area contributed by atoms with E-state index in [9.17, 15) is 0 Å². The molecule has 0 aliphatic heterocycles. The number of hydrogen-bond donors (Lipinski definition) is 0. The van der Waals surface area contributed by atoms with Crippen molar-refractivity contribution in [3.63, 3.8) is 0 Å². The Labute approximate surface area is 212 Å². The number of aryl methyl sites for hydroxylation is 6. The summed E-state index contributed by atoms with van der Waals surface area (Å²) in [7, 11) is 0. The van der Waals surface area contributed by atoms with Gasteiger partial charge in [-0.2, -0.15) is 0 Å². The molecule has 0 amide bonds. The first-order valence-corrected chi connectivity index (χ1v) is 11.9. The van der Waals surface area contributed by atoms with E-state index in [1.165, 1.54) is 39.8 Å². The van der Waals surface area contributed by atoms with Gasteiger partial charge < -0.3 is 0 Å². The van der Waals surface area contributed by atoms with Crippen molar-refractivity contribution in [2.45, 2.75) is 111 Å². The average Bonchev–Trinajstić information content (AvgIpc) is 2.80. The number of hydrogen-bond acceptors (Lipinski definition) is 0. The molecule has 0 atom stereocenters. The van der Waals surface area contributed by atoms with E-state index in [0.717, 1.165) is 0 Å². The second-order valence-corrected chi connectivity index (χ2v) is 8.09. The van der Waals surface area contributed by atoms with Crippen LogP contribution in [-0.2, 0) is 0 Å². The van der Waals surface area contributed by atoms with Gasteiger partial charge in [-0.3, -0.25) is 0 Å². The maximum Gasteiger partial charge on any atom is -0.0385 e. The van der Waals surface area contributed by atoms with E-state index in [4.69, 9.17) is 0 Å². The van der Waals surface area contributed by atoms with Gasteiger partial charge in [-0.15, -0.1) is 26.0 Å². The first kappa shape index (κ1) is 44.4. The summed E-state index contributed by atoms with van der Waals surface area (Å²) in [6, 6.07) is 13.0. The summed E-state index contributed by atoms with van der Waals surface area (Å²) in [5, 5.41) is 0. The van der Waals surface area contributed by atoms with Crippen molar-refractivity contribution in [3.8, 4) is 12.8 Å². The SMILES string of the molecule is C.C#C.C=C.CC.CC.CCC(C)(C)C.Cc1ccc(C)c(C)c1.Cc1ccc(C)c(C)c1. The molecule has 0 heterocycles. The van der Waals surface area contributed by atoms with Gasteiger partial charge >= 0.3 is 0 Å². The van der Waals surface area contributed by atoms with Gasteiger partial charge in [-0.25, -0.2) is 0 Å². The van der Waals surface area contributed by atoms with Gasteiger partial charge in [0.25, 0.3) is 0 Å². The molecule has 33 heavy (non-hydrogen) atoms. The molecule has 0 aliphatic rings. The van der Waals surface area contributed by atoms with Crippen LogP contribution in [0.5, 0.6) is 0 Å². The molecule has 2 aromatic carbocycles. The van der Waals surface area contributed by atoms with Crippen molar-refractivity contribution in [1.29, 1.82) is 0 Å². The van der Waals surface area contributed by atoms with Crippen molar-refractivity contribution < 1.29 is 0 Å². The molecule has 0 fully saturated rings. The molecule has 0 heteroatoms. The predicted octanol–water partition coefficient (Wildman–Crippen LogP) is 11.4. The number of terminal acetylenes is 1. The Balaban J connectivity index is -0.0000000718. The van der Waals surface area contributed by atoms with E-state index in [0.29, 0.717) is 5.41 Å². The lowest BCUT2D eigenvalue weighted by Crippen LogP contribution is -2.00. The van der Waals surface area contributed by atoms with Crippen LogP contribution in [0.15, 0.2) is 49.6 Å². The smallest absolute Gasteiger partial charge is 0.0385 e. The second-order valence-electron chi connectivity index (χ2n) is 8.09. The maximum absolute atomic E-state index is 4.00. The Bertz CT molecular complexity index is 617. The average molecular weight is 457 g/mol. The molecule has 0 aliphatic carbocycles. The minimum Gasteiger partial charge on any atom is -0.124 e. The number of benzene rings is 2. The minimum atomic E-state index is 0. The van der Waals surface area contributed by atoms with Crippen LogP contribution >= 0.6 is 0 Å². The van der Waals surface area contributed by atoms with Crippen LogP contribution in [0.4, 0.5) is 0 Å². The lowest BCUT2D eigenvalue weighted by atomic mass is 9.94. The quantitative estimate of drug-likeness (QED) is 0.273. The molecular formula is C33H60. The van der Waals surface area contributed by atoms with E-state index < -0.39 is 0 Å². The van der Waals surface area contributed by atoms with Crippen LogP contribution < -0.4 is 0 Å². The van der Waals surface area contributed by atoms with E-state index in [2.05, 4.69) is 132 Å². The summed E-state index contributed by atoms with van der Waals surface area (Å²) in [6.07, 6.45) is 9.27. The van der Waals surface area contributed by atoms with Crippen molar-refractivity contribution in [2.75, 3.05) is 0 Å². The van der Waals surface area contributed by atoms with Crippen molar-refractivity contribution in [1.82, 2.24) is 0 Å². The molecule has 0 bridgehead atoms. The Kier molecular flexibility index (Phi) is 40.0. The molecule has 0 unspecified atom stereocenters. The monoisotopic (exact) mass is 456 g/mol. The Morgan fingerprint density at radius 3 is 0.939 bits per heavy atom. The summed E-state index contributed by atoms with van der Waals surface area (Å²) >= 11 is 0. The standard InChI is InChI=1S/2C9H12.C6H14.2C2H6.C2H4.C2H2.CH4/c2*1-7-4-5-8(2)9(3)6-7;1-5-6(2,3)4;4*1-2;/h2*4-6H,1-3H3;5H2,1-4H3;2*1-2H3;1-2H2;1-2H;1H4. The Morgan fingerprint density at radius 1 is 0.606 bits per heavy atom. The topological polar surface area (TPSA) is 0 Å². The van der Waals surface area contributed by atoms with Crippen molar-refractivity contribution in [3.05, 3.63) is 82.9 Å². The molecule has 0 saturated heterocycles. The zero-order valence-corrected chi connectivity index (χ0v) is 24.2. The molecule has 0 saturated carbocycles. The first-order chi connectivity index (χ1) is 15.0. The zero-order chi connectivity index (χ0) is 26.9. The van der Waals surface area contributed by atoms with Crippen LogP contribution in [-0.4, -0.2) is 0 Å². The summed E-state index contributed by atoms with van der Waals surface area (Å²) in [5.74, 6) is 0. The molecule has 0 aromatic heterocycles. The summed E-state index contributed by atoms with van der Waals surface area (Å²) in [5.41, 5.74) is 8.75. The van der Waals surface area contributed by atoms with Gasteiger partial charge in [0.15, 0.2) is 0 Å². The fourth-order valence-electron chi connectivity index (χ4n) is 1.78. The summed E-state index contributed by atoms with van der Waals surface area (Å²) < 4.78 is 0. The normalized spacial score (nSPS) is 8.00. The predicted molar refractivity (Wildman–Crippen MR) is 162 cm³/mol. The second kappa shape index (κ2) is 29.7. The van der Waals surface area contributed by atoms with E-state index >= 15 is 0 Å². The third kappa shape index (κ3) is 32.0. The van der Waals surface area contributed by atoms with Gasteiger partial charge in [0.1, 0.15) is 0 Å². The van der Waals surface area contributed by atoms with E-state index in [1.807, 2.05) is 27.7 Å². The van der Waals surface area contributed by atoms with Crippen LogP contribution in [0.3, 0.4) is 0 Å². The van der Waals surface area contributed by atoms with E-state index in [-0.39, 0.29) is 7.43 Å². The fourth-order valence-corrected chi connectivity index (χ4v) is 1.78. The highest BCUT2D eigenvalue weighted by molar-refractivity contribution is 5.29. The van der Waals surface area contributed by atoms with Gasteiger partial charge in [0.05, 0.1) is 0 Å². The van der Waals surface area contributed by atoms with Gasteiger partial charge in [0.2, 0.25) is 0 Å². The molecule has 0 N–H and O–H groups in total. The highest BCUT2D eigenvalue weighted by Gasteiger charge is 2.03. The molecule has 0 radical (unpaired) electrons. The third-order valence-electron chi connectivity index (χ3n) is 4.39. The Hall–Kier alpha value is -2.26. The molecule has 2 aromatic rings. The zero-order valence-electron chi connectivity index (χ0n) is 24.2. The van der Waals surface area contributed by atoms with Crippen molar-refractivity contribution in [2.24, 2.45) is 5.41 Å². The minimum absolute atomic E-state index is 0. The lowest BCUT2D eigenvalue weighted by molar-refractivity contribution is 0.398. The highest BCUT2D eigenvalue weighted by Crippen LogP contribution is 2.16. The fraction of sp³-hybridized carbons (Fsp3) is 0.515. The maximum atomic E-state index is 4.00. The summed E-state index contributed by atoms with van der Waals surface area (Å²) in [4.78, 5) is 0. The highest BCUT2D eigenvalue weighted by atomic mass is 14.1. The van der Waals surface area contributed by atoms with E-state index in [1.54, 1.807) is 0 Å². The molecule has 2 rings (SSSR count). The molecule has 0 spiro atoms. The molecule has 192 valence electrons. The van der Waals surface area contributed by atoms with Gasteiger partial charge in [-0.1, -0.05) is 117 Å². The van der Waals surface area contributed by atoms with Crippen LogP contribution in [0.1, 0.15) is 103 Å². The van der Waals surface area contributed by atoms with Gasteiger partial charge in [0, 0.05) is 0 Å². The van der Waals surface area contributed by atoms with Crippen LogP contribution in [0.25, 0.3) is 0 Å². The lowest BCUT2D eigenvalue weighted by Gasteiger charge is -2.12. The summed E-state index contributed by atoms with van der Waals surface area (Å²) in [6.45, 7) is 35.7. The Morgan fingerprint density at radius 2 is 0.818 bits per heavy atom. The molecular weight excluding hydrogens is 396 g/mol. The van der Waals surface area contributed by atoms with Gasteiger partial charge in [-0.05, 0) is 69.2 Å². The van der Waals surface area contributed by atoms with Crippen LogP contribution in [0, 0.1) is 59.8 Å². The largest absolute Gasteiger partial charge is 0.124 e. The number of rotatable bonds is 0. The van der Waals surface area contributed by atoms with Crippen molar-refractivity contribution >= 4 is 0 Å². The first-order valence-electron chi connectivity index (χ1n) is 11.9. The molecule has 0 nitrogen and oxygen atoms in total. The third-order valence-corrected chi connectivity index (χ3v) is 4.39. The van der Waals surface area contributed by atoms with Crippen LogP contribution in [0.2, 0.25) is 0 Å².